The van der Waals surface area contributed by atoms with E-state index in [-0.39, 0.29) is 40.0 Å². The molecule has 0 saturated carbocycles. The summed E-state index contributed by atoms with van der Waals surface area (Å²) in [6.45, 7) is 1.64. The quantitative estimate of drug-likeness (QED) is 0.533. The number of hydrogen-bond acceptors (Lipinski definition) is 5. The van der Waals surface area contributed by atoms with E-state index in [0.29, 0.717) is 38.8 Å². The number of ether oxygens (including phenoxy) is 1. The van der Waals surface area contributed by atoms with Crippen molar-refractivity contribution in [2.24, 2.45) is 0 Å². The molecular formula is C24H29Cl2N3O4S. The molecular weight excluding hydrogens is 497 g/mol. The summed E-state index contributed by atoms with van der Waals surface area (Å²) in [5.74, 6) is 0.0501. The van der Waals surface area contributed by atoms with Crippen LogP contribution in [0.4, 0.5) is 0 Å². The van der Waals surface area contributed by atoms with Gasteiger partial charge in [-0.05, 0) is 43.4 Å². The van der Waals surface area contributed by atoms with Gasteiger partial charge < -0.3 is 9.64 Å². The Labute approximate surface area is 211 Å². The third-order valence-electron chi connectivity index (χ3n) is 6.62. The molecule has 0 unspecified atom stereocenters. The summed E-state index contributed by atoms with van der Waals surface area (Å²) >= 11 is 12.3. The zero-order valence-corrected chi connectivity index (χ0v) is 21.4. The van der Waals surface area contributed by atoms with Crippen molar-refractivity contribution in [1.82, 2.24) is 14.5 Å². The molecule has 0 bridgehead atoms. The lowest BCUT2D eigenvalue weighted by Gasteiger charge is -2.44. The largest absolute Gasteiger partial charge is 0.385 e. The lowest BCUT2D eigenvalue weighted by molar-refractivity contribution is -0.133. The van der Waals surface area contributed by atoms with Crippen molar-refractivity contribution in [2.45, 2.75) is 42.3 Å². The van der Waals surface area contributed by atoms with Crippen molar-refractivity contribution in [1.29, 1.82) is 0 Å². The maximum absolute atomic E-state index is 13.4. The number of methoxy groups -OCH3 is 1. The van der Waals surface area contributed by atoms with Crippen molar-refractivity contribution in [3.8, 4) is 0 Å². The molecule has 4 rings (SSSR count). The second-order valence-corrected chi connectivity index (χ2v) is 11.4. The van der Waals surface area contributed by atoms with Crippen LogP contribution in [0.5, 0.6) is 0 Å². The van der Waals surface area contributed by atoms with Gasteiger partial charge in [-0.2, -0.15) is 4.31 Å². The van der Waals surface area contributed by atoms with E-state index < -0.39 is 15.7 Å². The molecule has 2 aliphatic heterocycles. The van der Waals surface area contributed by atoms with Gasteiger partial charge in [0.1, 0.15) is 4.90 Å². The number of nitrogens with one attached hydrogen (secondary N) is 1. The van der Waals surface area contributed by atoms with E-state index in [9.17, 15) is 13.2 Å². The number of sulfonamides is 1. The lowest BCUT2D eigenvalue weighted by Crippen LogP contribution is -2.59. The van der Waals surface area contributed by atoms with E-state index in [1.165, 1.54) is 10.4 Å². The molecule has 2 fully saturated rings. The SMILES string of the molecule is COCCCN1C(=O)[C@@H](Cc2ccccc2)NC12CCN(S(=O)(=O)c1cccc(Cl)c1Cl)CC2. The van der Waals surface area contributed by atoms with Gasteiger partial charge in [0, 0.05) is 33.4 Å². The van der Waals surface area contributed by atoms with E-state index in [2.05, 4.69) is 5.32 Å². The minimum atomic E-state index is -3.81. The first-order valence-electron chi connectivity index (χ1n) is 11.3. The Morgan fingerprint density at radius 3 is 2.47 bits per heavy atom. The molecule has 0 radical (unpaired) electrons. The molecule has 1 atom stereocenters. The van der Waals surface area contributed by atoms with Crippen LogP contribution in [0.3, 0.4) is 0 Å². The molecule has 184 valence electrons. The molecule has 2 aliphatic rings. The molecule has 0 aliphatic carbocycles. The standard InChI is InChI=1S/C24H29Cl2N3O4S/c1-33-16-6-13-29-23(30)20(17-18-7-3-2-4-8-18)27-24(29)11-14-28(15-12-24)34(31,32)21-10-5-9-19(25)22(21)26/h2-5,7-10,20,27H,6,11-17H2,1H3/t20-/m1/s1. The first-order chi connectivity index (χ1) is 16.3. The van der Waals surface area contributed by atoms with Crippen LogP contribution in [0.2, 0.25) is 10.0 Å². The second-order valence-electron chi connectivity index (χ2n) is 8.71. The fourth-order valence-electron chi connectivity index (χ4n) is 4.88. The van der Waals surface area contributed by atoms with Gasteiger partial charge in [0.05, 0.1) is 21.7 Å². The fourth-order valence-corrected chi connectivity index (χ4v) is 7.05. The first-order valence-corrected chi connectivity index (χ1v) is 13.5. The predicted molar refractivity (Wildman–Crippen MR) is 132 cm³/mol. The zero-order valence-electron chi connectivity index (χ0n) is 19.0. The highest BCUT2D eigenvalue weighted by molar-refractivity contribution is 7.89. The minimum absolute atomic E-state index is 0.00646. The molecule has 1 amide bonds. The Balaban J connectivity index is 1.53. The number of benzene rings is 2. The van der Waals surface area contributed by atoms with Gasteiger partial charge in [-0.15, -0.1) is 0 Å². The zero-order chi connectivity index (χ0) is 24.3. The van der Waals surface area contributed by atoms with Crippen molar-refractivity contribution >= 4 is 39.1 Å². The smallest absolute Gasteiger partial charge is 0.244 e. The molecule has 7 nitrogen and oxygen atoms in total. The van der Waals surface area contributed by atoms with Crippen LogP contribution in [0.1, 0.15) is 24.8 Å². The van der Waals surface area contributed by atoms with E-state index in [0.717, 1.165) is 5.56 Å². The maximum atomic E-state index is 13.4. The highest BCUT2D eigenvalue weighted by Crippen LogP contribution is 2.37. The Morgan fingerprint density at radius 2 is 1.79 bits per heavy atom. The average Bonchev–Trinajstić information content (AvgIpc) is 3.07. The molecule has 2 aromatic rings. The number of amides is 1. The van der Waals surface area contributed by atoms with E-state index in [1.54, 1.807) is 19.2 Å². The van der Waals surface area contributed by atoms with E-state index in [4.69, 9.17) is 27.9 Å². The third-order valence-corrected chi connectivity index (χ3v) is 9.49. The molecule has 1 N–H and O–H groups in total. The van der Waals surface area contributed by atoms with Crippen molar-refractivity contribution in [3.05, 3.63) is 64.1 Å². The Bertz CT molecular complexity index is 1120. The highest BCUT2D eigenvalue weighted by Gasteiger charge is 2.52. The predicted octanol–water partition coefficient (Wildman–Crippen LogP) is 3.55. The molecule has 34 heavy (non-hydrogen) atoms. The monoisotopic (exact) mass is 525 g/mol. The van der Waals surface area contributed by atoms with Gasteiger partial charge >= 0.3 is 0 Å². The number of carbonyl (C=O) groups excluding carboxylic acids is 1. The molecule has 2 saturated heterocycles. The van der Waals surface area contributed by atoms with Crippen LogP contribution in [0.25, 0.3) is 0 Å². The molecule has 1 spiro atoms. The van der Waals surface area contributed by atoms with Gasteiger partial charge in [-0.3, -0.25) is 10.1 Å². The van der Waals surface area contributed by atoms with Crippen LogP contribution in [0.15, 0.2) is 53.4 Å². The summed E-state index contributed by atoms with van der Waals surface area (Å²) < 4.78 is 33.2. The molecule has 2 heterocycles. The van der Waals surface area contributed by atoms with Crippen molar-refractivity contribution in [3.63, 3.8) is 0 Å². The van der Waals surface area contributed by atoms with Crippen LogP contribution in [0, 0.1) is 0 Å². The summed E-state index contributed by atoms with van der Waals surface area (Å²) in [4.78, 5) is 15.3. The average molecular weight is 526 g/mol. The number of piperidine rings is 1. The van der Waals surface area contributed by atoms with Gasteiger partial charge in [0.25, 0.3) is 0 Å². The van der Waals surface area contributed by atoms with Crippen LogP contribution in [-0.4, -0.2) is 68.6 Å². The van der Waals surface area contributed by atoms with Gasteiger partial charge in [0.15, 0.2) is 0 Å². The number of rotatable bonds is 8. The second kappa shape index (κ2) is 10.5. The Hall–Kier alpha value is -1.68. The van der Waals surface area contributed by atoms with Gasteiger partial charge in [-0.1, -0.05) is 59.6 Å². The number of halogens is 2. The van der Waals surface area contributed by atoms with Gasteiger partial charge in [-0.25, -0.2) is 8.42 Å². The van der Waals surface area contributed by atoms with Crippen LogP contribution < -0.4 is 5.32 Å². The lowest BCUT2D eigenvalue weighted by atomic mass is 9.97. The first kappa shape index (κ1) is 25.4. The molecule has 0 aromatic heterocycles. The fraction of sp³-hybridized carbons (Fsp3) is 0.458. The molecule has 10 heteroatoms. The van der Waals surface area contributed by atoms with Crippen molar-refractivity contribution in [2.75, 3.05) is 33.4 Å². The normalized spacial score (nSPS) is 20.9. The van der Waals surface area contributed by atoms with Crippen LogP contribution in [-0.2, 0) is 26.0 Å². The topological polar surface area (TPSA) is 79.0 Å². The number of nitrogens with zero attached hydrogens (tertiary/aromatic N) is 2. The Kier molecular flexibility index (Phi) is 7.86. The third kappa shape index (κ3) is 4.98. The molecule has 2 aromatic carbocycles. The highest BCUT2D eigenvalue weighted by atomic mass is 35.5. The number of hydrogen-bond donors (Lipinski definition) is 1. The van der Waals surface area contributed by atoms with E-state index >= 15 is 0 Å². The van der Waals surface area contributed by atoms with E-state index in [1.807, 2.05) is 35.2 Å². The minimum Gasteiger partial charge on any atom is -0.385 e. The Morgan fingerprint density at radius 1 is 1.09 bits per heavy atom. The number of carbonyl (C=O) groups is 1. The van der Waals surface area contributed by atoms with Crippen LogP contribution >= 0.6 is 23.2 Å². The summed E-state index contributed by atoms with van der Waals surface area (Å²) in [6, 6.07) is 14.2. The maximum Gasteiger partial charge on any atom is 0.244 e. The summed E-state index contributed by atoms with van der Waals surface area (Å²) in [5, 5.41) is 3.81. The van der Waals surface area contributed by atoms with Gasteiger partial charge in [0.2, 0.25) is 15.9 Å². The van der Waals surface area contributed by atoms with Crippen molar-refractivity contribution < 1.29 is 17.9 Å². The summed E-state index contributed by atoms with van der Waals surface area (Å²) in [6.07, 6.45) is 2.26. The summed E-state index contributed by atoms with van der Waals surface area (Å²) in [7, 11) is -2.17. The summed E-state index contributed by atoms with van der Waals surface area (Å²) in [5.41, 5.74) is 0.492.